The van der Waals surface area contributed by atoms with Crippen LogP contribution in [0.3, 0.4) is 0 Å². The Hall–Kier alpha value is -2.04. The molecule has 0 bridgehead atoms. The molecule has 3 atom stereocenters. The number of rotatable bonds is 11. The molecule has 8 nitrogen and oxygen atoms in total. The third-order valence-corrected chi connectivity index (χ3v) is 7.53. The second-order valence-electron chi connectivity index (χ2n) is 10.9. The summed E-state index contributed by atoms with van der Waals surface area (Å²) in [5, 5.41) is 4.54. The van der Waals surface area contributed by atoms with Gasteiger partial charge < -0.3 is 15.5 Å². The lowest BCUT2D eigenvalue weighted by atomic mass is 9.51. The van der Waals surface area contributed by atoms with Crippen molar-refractivity contribution in [3.8, 4) is 0 Å². The summed E-state index contributed by atoms with van der Waals surface area (Å²) in [4.78, 5) is 53.0. The maximum Gasteiger partial charge on any atom is 0.522 e. The van der Waals surface area contributed by atoms with Gasteiger partial charge in [-0.05, 0) is 42.7 Å². The molecule has 2 heterocycles. The van der Waals surface area contributed by atoms with Crippen molar-refractivity contribution in [1.82, 2.24) is 15.5 Å². The van der Waals surface area contributed by atoms with Crippen LogP contribution in [0.4, 0.5) is 13.2 Å². The molecule has 0 aromatic rings. The largest absolute Gasteiger partial charge is 0.522 e. The van der Waals surface area contributed by atoms with Crippen molar-refractivity contribution in [1.29, 1.82) is 0 Å². The molecular formula is C22H34B2F3N3O5. The summed E-state index contributed by atoms with van der Waals surface area (Å²) in [6.07, 6.45) is 0.0425. The first kappa shape index (κ1) is 27.5. The standard InChI is InChI=1S/C22H34B2F3N3O5/c1-2-3-5-21(23,24)19(34)30-12-20(6-7-20)10-15(30)18(33)29-14(9-13-4-8-28-17(13)32)16(31)11-35-22(25,26)27/h13-15H,2-12,23-24H2,1H3,(H,28,32)(H,29,33)/t13-,14-,15-/m0/s1. The highest BCUT2D eigenvalue weighted by molar-refractivity contribution is 6.50. The number of carbonyl (C=O) groups is 4. The molecule has 3 fully saturated rings. The van der Waals surface area contributed by atoms with Gasteiger partial charge in [0.25, 0.3) is 0 Å². The molecule has 1 saturated carbocycles. The number of likely N-dealkylation sites (tertiary alicyclic amines) is 1. The van der Waals surface area contributed by atoms with Crippen LogP contribution >= 0.6 is 0 Å². The summed E-state index contributed by atoms with van der Waals surface area (Å²) in [6, 6.07) is -2.12. The summed E-state index contributed by atoms with van der Waals surface area (Å²) in [5.74, 6) is -2.57. The van der Waals surface area contributed by atoms with Gasteiger partial charge in [0.1, 0.15) is 28.3 Å². The Morgan fingerprint density at radius 1 is 1.29 bits per heavy atom. The van der Waals surface area contributed by atoms with Crippen LogP contribution in [0.5, 0.6) is 0 Å². The summed E-state index contributed by atoms with van der Waals surface area (Å²) in [6.45, 7) is 1.64. The summed E-state index contributed by atoms with van der Waals surface area (Å²) < 4.78 is 41.2. The number of ketones is 1. The summed E-state index contributed by atoms with van der Waals surface area (Å²) in [7, 11) is 3.72. The van der Waals surface area contributed by atoms with Crippen LogP contribution in [-0.4, -0.2) is 82.2 Å². The van der Waals surface area contributed by atoms with Gasteiger partial charge >= 0.3 is 6.36 Å². The Morgan fingerprint density at radius 3 is 2.51 bits per heavy atom. The summed E-state index contributed by atoms with van der Waals surface area (Å²) in [5.41, 5.74) is -0.108. The van der Waals surface area contributed by atoms with E-state index in [1.54, 1.807) is 4.90 Å². The molecule has 0 unspecified atom stereocenters. The SMILES string of the molecule is BC(B)(CCCC)C(=O)N1CC2(CC2)C[C@H]1C(=O)N[C@@H](C[C@@H]1CCNC1=O)C(=O)COC(F)(F)F. The number of halogens is 3. The highest BCUT2D eigenvalue weighted by atomic mass is 19.4. The molecule has 2 N–H and O–H groups in total. The molecule has 1 spiro atoms. The molecule has 35 heavy (non-hydrogen) atoms. The molecule has 3 amide bonds. The lowest BCUT2D eigenvalue weighted by molar-refractivity contribution is -0.321. The number of hydrogen-bond donors (Lipinski definition) is 2. The first-order valence-corrected chi connectivity index (χ1v) is 12.4. The quantitative estimate of drug-likeness (QED) is 0.392. The van der Waals surface area contributed by atoms with Crippen molar-refractivity contribution in [2.75, 3.05) is 19.7 Å². The summed E-state index contributed by atoms with van der Waals surface area (Å²) >= 11 is 0. The van der Waals surface area contributed by atoms with Gasteiger partial charge in [0.15, 0.2) is 5.78 Å². The van der Waals surface area contributed by atoms with Crippen molar-refractivity contribution >= 4 is 39.2 Å². The van der Waals surface area contributed by atoms with E-state index in [9.17, 15) is 32.3 Å². The van der Waals surface area contributed by atoms with Crippen LogP contribution in [0.25, 0.3) is 0 Å². The van der Waals surface area contributed by atoms with E-state index in [1.807, 2.05) is 22.6 Å². The van der Waals surface area contributed by atoms with Gasteiger partial charge in [-0.25, -0.2) is 0 Å². The van der Waals surface area contributed by atoms with Crippen LogP contribution < -0.4 is 10.6 Å². The van der Waals surface area contributed by atoms with Crippen molar-refractivity contribution in [2.24, 2.45) is 11.3 Å². The zero-order chi connectivity index (χ0) is 26.0. The number of amides is 3. The Morgan fingerprint density at radius 2 is 1.97 bits per heavy atom. The van der Waals surface area contributed by atoms with E-state index < -0.39 is 47.9 Å². The molecule has 2 aliphatic heterocycles. The minimum atomic E-state index is -4.99. The molecule has 3 rings (SSSR count). The smallest absolute Gasteiger partial charge is 0.356 e. The molecule has 0 aromatic carbocycles. The van der Waals surface area contributed by atoms with Crippen LogP contribution in [0.1, 0.15) is 58.3 Å². The van der Waals surface area contributed by atoms with Gasteiger partial charge in [-0.1, -0.05) is 26.2 Å². The average molecular weight is 499 g/mol. The molecule has 0 aromatic heterocycles. The lowest BCUT2D eigenvalue weighted by Gasteiger charge is -2.33. The van der Waals surface area contributed by atoms with Crippen LogP contribution in [0, 0.1) is 11.3 Å². The van der Waals surface area contributed by atoms with Crippen LogP contribution in [-0.2, 0) is 23.9 Å². The van der Waals surface area contributed by atoms with Gasteiger partial charge in [0.05, 0.1) is 6.04 Å². The van der Waals surface area contributed by atoms with Crippen molar-refractivity contribution in [3.05, 3.63) is 0 Å². The molecule has 194 valence electrons. The second kappa shape index (κ2) is 10.5. The number of ether oxygens (including phenoxy) is 1. The number of Topliss-reactive ketones (excluding diaryl/α,β-unsaturated/α-hetero) is 1. The minimum Gasteiger partial charge on any atom is -0.356 e. The Balaban J connectivity index is 1.75. The normalized spacial score (nSPS) is 24.3. The number of alkyl halides is 3. The fourth-order valence-electron chi connectivity index (χ4n) is 5.10. The minimum absolute atomic E-state index is 0.108. The predicted octanol–water partition coefficient (Wildman–Crippen LogP) is 0.0566. The number of carbonyl (C=O) groups excluding carboxylic acids is 4. The first-order valence-electron chi connectivity index (χ1n) is 12.4. The predicted molar refractivity (Wildman–Crippen MR) is 126 cm³/mol. The Kier molecular flexibility index (Phi) is 8.28. The molecular weight excluding hydrogens is 465 g/mol. The topological polar surface area (TPSA) is 105 Å². The first-order chi connectivity index (χ1) is 16.3. The zero-order valence-corrected chi connectivity index (χ0v) is 20.6. The van der Waals surface area contributed by atoms with E-state index in [1.165, 1.54) is 0 Å². The van der Waals surface area contributed by atoms with E-state index in [-0.39, 0.29) is 23.7 Å². The van der Waals surface area contributed by atoms with E-state index in [0.717, 1.165) is 25.7 Å². The third-order valence-electron chi connectivity index (χ3n) is 7.53. The average Bonchev–Trinajstić information content (AvgIpc) is 3.24. The fourth-order valence-corrected chi connectivity index (χ4v) is 5.10. The molecule has 3 aliphatic rings. The molecule has 2 saturated heterocycles. The molecule has 0 radical (unpaired) electrons. The zero-order valence-electron chi connectivity index (χ0n) is 20.6. The van der Waals surface area contributed by atoms with Gasteiger partial charge in [-0.2, -0.15) is 0 Å². The van der Waals surface area contributed by atoms with E-state index >= 15 is 0 Å². The van der Waals surface area contributed by atoms with E-state index in [0.29, 0.717) is 32.4 Å². The molecule has 13 heteroatoms. The van der Waals surface area contributed by atoms with Gasteiger partial charge in [-0.15, -0.1) is 13.2 Å². The van der Waals surface area contributed by atoms with Gasteiger partial charge in [0.2, 0.25) is 17.7 Å². The van der Waals surface area contributed by atoms with Crippen LogP contribution in [0.15, 0.2) is 0 Å². The fraction of sp³-hybridized carbons (Fsp3) is 0.818. The van der Waals surface area contributed by atoms with E-state index in [4.69, 9.17) is 0 Å². The monoisotopic (exact) mass is 499 g/mol. The van der Waals surface area contributed by atoms with Crippen molar-refractivity contribution in [3.63, 3.8) is 0 Å². The van der Waals surface area contributed by atoms with E-state index in [2.05, 4.69) is 15.4 Å². The van der Waals surface area contributed by atoms with Crippen molar-refractivity contribution in [2.45, 2.75) is 82.0 Å². The number of nitrogens with one attached hydrogen (secondary N) is 2. The van der Waals surface area contributed by atoms with Crippen LogP contribution in [0.2, 0.25) is 5.21 Å². The Bertz CT molecular complexity index is 851. The van der Waals surface area contributed by atoms with Gasteiger partial charge in [0, 0.05) is 19.0 Å². The number of hydrogen-bond acceptors (Lipinski definition) is 5. The maximum absolute atomic E-state index is 13.4. The lowest BCUT2D eigenvalue weighted by Crippen LogP contribution is -2.54. The highest BCUT2D eigenvalue weighted by Crippen LogP contribution is 2.55. The maximum atomic E-state index is 13.4. The third kappa shape index (κ3) is 7.01. The number of unbranched alkanes of at least 4 members (excludes halogenated alkanes) is 1. The van der Waals surface area contributed by atoms with Gasteiger partial charge in [-0.3, -0.25) is 23.9 Å². The highest BCUT2D eigenvalue weighted by Gasteiger charge is 2.56. The van der Waals surface area contributed by atoms with Crippen molar-refractivity contribution < 1.29 is 37.1 Å². The number of nitrogens with zero attached hydrogens (tertiary/aromatic N) is 1. The Labute approximate surface area is 205 Å². The molecule has 1 aliphatic carbocycles. The second-order valence-corrected chi connectivity index (χ2v) is 10.9.